The Morgan fingerprint density at radius 2 is 1.55 bits per heavy atom. The van der Waals surface area contributed by atoms with Gasteiger partial charge in [0, 0.05) is 6.42 Å². The van der Waals surface area contributed by atoms with Crippen molar-refractivity contribution in [2.75, 3.05) is 7.11 Å². The number of carbonyl (C=O) groups excluding carboxylic acids is 1. The zero-order valence-electron chi connectivity index (χ0n) is 15.3. The van der Waals surface area contributed by atoms with Crippen LogP contribution >= 0.6 is 0 Å². The number of esters is 1. The first-order chi connectivity index (χ1) is 10.5. The number of aliphatic hydroxyl groups excluding tert-OH is 1. The van der Waals surface area contributed by atoms with Gasteiger partial charge in [-0.15, -0.1) is 0 Å². The number of aliphatic hydroxyl groups is 1. The van der Waals surface area contributed by atoms with Crippen LogP contribution < -0.4 is 0 Å². The summed E-state index contributed by atoms with van der Waals surface area (Å²) >= 11 is 0. The molecule has 0 aliphatic heterocycles. The topological polar surface area (TPSA) is 46.5 Å². The maximum absolute atomic E-state index is 11.0. The van der Waals surface area contributed by atoms with Gasteiger partial charge in [-0.1, -0.05) is 65.7 Å². The molecule has 22 heavy (non-hydrogen) atoms. The highest BCUT2D eigenvalue weighted by Crippen LogP contribution is 2.20. The minimum atomic E-state index is -0.187. The summed E-state index contributed by atoms with van der Waals surface area (Å²) in [6, 6.07) is 0. The van der Waals surface area contributed by atoms with E-state index in [1.54, 1.807) is 0 Å². The first-order valence-electron chi connectivity index (χ1n) is 9.26. The zero-order chi connectivity index (χ0) is 16.8. The van der Waals surface area contributed by atoms with Gasteiger partial charge in [-0.3, -0.25) is 4.79 Å². The lowest BCUT2D eigenvalue weighted by molar-refractivity contribution is -0.140. The molecule has 0 aromatic heterocycles. The van der Waals surface area contributed by atoms with E-state index in [0.29, 0.717) is 12.3 Å². The van der Waals surface area contributed by atoms with Crippen molar-refractivity contribution >= 4 is 5.97 Å². The molecular weight excluding hydrogens is 276 g/mol. The minimum absolute atomic E-state index is 0.133. The Labute approximate surface area is 137 Å². The third kappa shape index (κ3) is 12.0. The summed E-state index contributed by atoms with van der Waals surface area (Å²) in [4.78, 5) is 11.0. The second-order valence-corrected chi connectivity index (χ2v) is 6.87. The van der Waals surface area contributed by atoms with Gasteiger partial charge in [0.2, 0.25) is 0 Å². The number of unbranched alkanes of at least 4 members (excludes halogenated alkanes) is 4. The predicted molar refractivity (Wildman–Crippen MR) is 92.8 cm³/mol. The van der Waals surface area contributed by atoms with Crippen LogP contribution in [-0.2, 0) is 9.53 Å². The summed E-state index contributed by atoms with van der Waals surface area (Å²) in [6.45, 7) is 6.74. The molecule has 0 heterocycles. The maximum atomic E-state index is 11.0. The van der Waals surface area contributed by atoms with Gasteiger partial charge in [0.05, 0.1) is 13.2 Å². The van der Waals surface area contributed by atoms with Crippen LogP contribution in [0.2, 0.25) is 0 Å². The van der Waals surface area contributed by atoms with Gasteiger partial charge in [-0.05, 0) is 31.1 Å². The third-order valence-corrected chi connectivity index (χ3v) is 4.82. The van der Waals surface area contributed by atoms with E-state index in [9.17, 15) is 9.90 Å². The largest absolute Gasteiger partial charge is 0.469 e. The van der Waals surface area contributed by atoms with Gasteiger partial charge < -0.3 is 9.84 Å². The monoisotopic (exact) mass is 314 g/mol. The second-order valence-electron chi connectivity index (χ2n) is 6.87. The van der Waals surface area contributed by atoms with E-state index in [-0.39, 0.29) is 12.1 Å². The number of rotatable bonds is 14. The standard InChI is InChI=1S/C19H38O3/c1-5-16(2)12-8-6-9-13-17(3)18(20)14-10-7-11-15-19(21)22-4/h16-18,20H,5-15H2,1-4H3. The number of hydrogen-bond donors (Lipinski definition) is 1. The highest BCUT2D eigenvalue weighted by Gasteiger charge is 2.13. The van der Waals surface area contributed by atoms with Crippen molar-refractivity contribution in [3.05, 3.63) is 0 Å². The molecule has 3 heteroatoms. The fourth-order valence-electron chi connectivity index (χ4n) is 2.72. The van der Waals surface area contributed by atoms with Crippen LogP contribution in [0.15, 0.2) is 0 Å². The van der Waals surface area contributed by atoms with E-state index in [2.05, 4.69) is 25.5 Å². The Hall–Kier alpha value is -0.570. The number of carbonyl (C=O) groups is 1. The molecule has 0 aromatic rings. The van der Waals surface area contributed by atoms with Crippen LogP contribution in [0, 0.1) is 11.8 Å². The Balaban J connectivity index is 3.50. The summed E-state index contributed by atoms with van der Waals surface area (Å²) in [5, 5.41) is 10.2. The molecule has 0 aromatic carbocycles. The third-order valence-electron chi connectivity index (χ3n) is 4.82. The van der Waals surface area contributed by atoms with Crippen LogP contribution in [0.1, 0.15) is 91.4 Å². The molecule has 0 saturated carbocycles. The molecular formula is C19H38O3. The van der Waals surface area contributed by atoms with E-state index in [1.807, 2.05) is 0 Å². The highest BCUT2D eigenvalue weighted by atomic mass is 16.5. The van der Waals surface area contributed by atoms with Crippen LogP contribution in [0.3, 0.4) is 0 Å². The smallest absolute Gasteiger partial charge is 0.305 e. The molecule has 1 N–H and O–H groups in total. The molecule has 0 amide bonds. The molecule has 0 aliphatic carbocycles. The second kappa shape index (κ2) is 14.0. The van der Waals surface area contributed by atoms with Gasteiger partial charge in [-0.25, -0.2) is 0 Å². The Kier molecular flexibility index (Phi) is 13.7. The minimum Gasteiger partial charge on any atom is -0.469 e. The fourth-order valence-corrected chi connectivity index (χ4v) is 2.72. The van der Waals surface area contributed by atoms with E-state index in [4.69, 9.17) is 0 Å². The Morgan fingerprint density at radius 3 is 2.18 bits per heavy atom. The predicted octanol–water partition coefficient (Wildman–Crippen LogP) is 5.10. The van der Waals surface area contributed by atoms with Crippen molar-refractivity contribution in [2.45, 2.75) is 97.5 Å². The molecule has 0 aliphatic rings. The molecule has 0 saturated heterocycles. The number of hydrogen-bond acceptors (Lipinski definition) is 3. The summed E-state index contributed by atoms with van der Waals surface area (Å²) in [5.74, 6) is 1.11. The molecule has 0 bridgehead atoms. The first-order valence-corrected chi connectivity index (χ1v) is 9.26. The average Bonchev–Trinajstić information content (AvgIpc) is 2.52. The molecule has 3 unspecified atom stereocenters. The zero-order valence-corrected chi connectivity index (χ0v) is 15.3. The first kappa shape index (κ1) is 21.4. The van der Waals surface area contributed by atoms with E-state index in [0.717, 1.165) is 38.0 Å². The van der Waals surface area contributed by atoms with Crippen LogP contribution in [0.5, 0.6) is 0 Å². The summed E-state index contributed by atoms with van der Waals surface area (Å²) in [6.07, 6.45) is 11.6. The normalized spacial score (nSPS) is 15.3. The average molecular weight is 315 g/mol. The van der Waals surface area contributed by atoms with Gasteiger partial charge in [0.25, 0.3) is 0 Å². The number of methoxy groups -OCH3 is 1. The quantitative estimate of drug-likeness (QED) is 0.358. The Bertz CT molecular complexity index is 265. The van der Waals surface area contributed by atoms with Crippen LogP contribution in [-0.4, -0.2) is 24.3 Å². The van der Waals surface area contributed by atoms with Crippen molar-refractivity contribution in [3.8, 4) is 0 Å². The van der Waals surface area contributed by atoms with Crippen molar-refractivity contribution in [1.29, 1.82) is 0 Å². The van der Waals surface area contributed by atoms with Crippen LogP contribution in [0.4, 0.5) is 0 Å². The van der Waals surface area contributed by atoms with Gasteiger partial charge in [-0.2, -0.15) is 0 Å². The molecule has 0 radical (unpaired) electrons. The lowest BCUT2D eigenvalue weighted by atomic mass is 9.92. The summed E-state index contributed by atoms with van der Waals surface area (Å²) in [5.41, 5.74) is 0. The molecule has 0 fully saturated rings. The molecule has 3 atom stereocenters. The molecule has 3 nitrogen and oxygen atoms in total. The lowest BCUT2D eigenvalue weighted by Gasteiger charge is -2.18. The highest BCUT2D eigenvalue weighted by molar-refractivity contribution is 5.68. The van der Waals surface area contributed by atoms with Gasteiger partial charge >= 0.3 is 5.97 Å². The fraction of sp³-hybridized carbons (Fsp3) is 0.947. The van der Waals surface area contributed by atoms with E-state index >= 15 is 0 Å². The van der Waals surface area contributed by atoms with E-state index < -0.39 is 0 Å². The van der Waals surface area contributed by atoms with E-state index in [1.165, 1.54) is 39.2 Å². The SMILES string of the molecule is CCC(C)CCCCCC(C)C(O)CCCCCC(=O)OC. The summed E-state index contributed by atoms with van der Waals surface area (Å²) in [7, 11) is 1.43. The number of ether oxygens (including phenoxy) is 1. The van der Waals surface area contributed by atoms with Gasteiger partial charge in [0.1, 0.15) is 0 Å². The van der Waals surface area contributed by atoms with Crippen molar-refractivity contribution in [3.63, 3.8) is 0 Å². The van der Waals surface area contributed by atoms with Crippen molar-refractivity contribution in [1.82, 2.24) is 0 Å². The lowest BCUT2D eigenvalue weighted by Crippen LogP contribution is -2.17. The maximum Gasteiger partial charge on any atom is 0.305 e. The molecule has 0 spiro atoms. The summed E-state index contributed by atoms with van der Waals surface area (Å²) < 4.78 is 4.61. The van der Waals surface area contributed by atoms with Crippen LogP contribution in [0.25, 0.3) is 0 Å². The Morgan fingerprint density at radius 1 is 0.955 bits per heavy atom. The molecule has 132 valence electrons. The van der Waals surface area contributed by atoms with Crippen molar-refractivity contribution < 1.29 is 14.6 Å². The molecule has 0 rings (SSSR count). The van der Waals surface area contributed by atoms with Crippen molar-refractivity contribution in [2.24, 2.45) is 11.8 Å². The van der Waals surface area contributed by atoms with Gasteiger partial charge in [0.15, 0.2) is 0 Å².